The molecule has 2 nitrogen and oxygen atoms in total. The van der Waals surface area contributed by atoms with E-state index < -0.39 is 4.32 Å². The first-order valence-electron chi connectivity index (χ1n) is 5.73. The van der Waals surface area contributed by atoms with Gasteiger partial charge in [0.15, 0.2) is 5.78 Å². The number of alkyl halides is 1. The lowest BCUT2D eigenvalue weighted by Gasteiger charge is -2.17. The van der Waals surface area contributed by atoms with Crippen molar-refractivity contribution in [3.05, 3.63) is 29.3 Å². The molecule has 17 heavy (non-hydrogen) atoms. The van der Waals surface area contributed by atoms with Gasteiger partial charge in [0.05, 0.1) is 10.4 Å². The second-order valence-corrected chi connectivity index (χ2v) is 6.93. The van der Waals surface area contributed by atoms with E-state index in [-0.39, 0.29) is 11.9 Å². The number of carbonyl (C=O) groups excluding carboxylic acids is 1. The van der Waals surface area contributed by atoms with Gasteiger partial charge in [-0.05, 0) is 58.4 Å². The topological polar surface area (TPSA) is 26.3 Å². The van der Waals surface area contributed by atoms with Gasteiger partial charge in [-0.25, -0.2) is 0 Å². The van der Waals surface area contributed by atoms with Crippen molar-refractivity contribution < 1.29 is 9.53 Å². The van der Waals surface area contributed by atoms with E-state index >= 15 is 0 Å². The molecule has 0 amide bonds. The second kappa shape index (κ2) is 5.21. The van der Waals surface area contributed by atoms with Crippen molar-refractivity contribution in [2.45, 2.75) is 45.0 Å². The molecule has 0 aromatic heterocycles. The van der Waals surface area contributed by atoms with Crippen molar-refractivity contribution in [3.63, 3.8) is 0 Å². The van der Waals surface area contributed by atoms with Crippen LogP contribution in [0.2, 0.25) is 0 Å². The second-order valence-electron chi connectivity index (χ2n) is 4.94. The smallest absolute Gasteiger partial charge is 0.179 e. The van der Waals surface area contributed by atoms with Crippen LogP contribution in [0, 0.1) is 6.92 Å². The average molecular weight is 299 g/mol. The molecule has 1 aromatic rings. The first-order chi connectivity index (χ1) is 7.71. The zero-order valence-corrected chi connectivity index (χ0v) is 12.6. The van der Waals surface area contributed by atoms with E-state index in [9.17, 15) is 4.79 Å². The summed E-state index contributed by atoms with van der Waals surface area (Å²) in [6.45, 7) is 9.60. The van der Waals surface area contributed by atoms with Crippen molar-refractivity contribution in [1.82, 2.24) is 0 Å². The third-order valence-corrected chi connectivity index (χ3v) is 2.71. The molecule has 0 fully saturated rings. The molecule has 0 aliphatic carbocycles. The van der Waals surface area contributed by atoms with Crippen LogP contribution in [-0.4, -0.2) is 16.2 Å². The van der Waals surface area contributed by atoms with E-state index in [0.717, 1.165) is 16.9 Å². The van der Waals surface area contributed by atoms with Crippen molar-refractivity contribution in [3.8, 4) is 5.75 Å². The molecule has 0 unspecified atom stereocenters. The van der Waals surface area contributed by atoms with Gasteiger partial charge in [0.25, 0.3) is 0 Å². The molecule has 0 radical (unpaired) electrons. The number of carbonyl (C=O) groups is 1. The van der Waals surface area contributed by atoms with Gasteiger partial charge in [-0.3, -0.25) is 4.79 Å². The molecule has 0 atom stereocenters. The van der Waals surface area contributed by atoms with E-state index in [4.69, 9.17) is 4.74 Å². The van der Waals surface area contributed by atoms with Crippen LogP contribution in [0.25, 0.3) is 0 Å². The fraction of sp³-hybridized carbons (Fsp3) is 0.500. The Labute approximate surface area is 111 Å². The number of aryl methyl sites for hydroxylation is 1. The van der Waals surface area contributed by atoms with E-state index in [1.807, 2.05) is 52.8 Å². The lowest BCUT2D eigenvalue weighted by molar-refractivity contribution is 0.0960. The Morgan fingerprint density at radius 3 is 2.35 bits per heavy atom. The predicted molar refractivity (Wildman–Crippen MR) is 74.3 cm³/mol. The summed E-state index contributed by atoms with van der Waals surface area (Å²) in [5, 5.41) is 0. The largest absolute Gasteiger partial charge is 0.491 e. The summed E-state index contributed by atoms with van der Waals surface area (Å²) in [7, 11) is 0. The van der Waals surface area contributed by atoms with Gasteiger partial charge in [-0.1, -0.05) is 15.9 Å². The fourth-order valence-electron chi connectivity index (χ4n) is 1.56. The van der Waals surface area contributed by atoms with Crippen LogP contribution < -0.4 is 4.74 Å². The molecule has 0 spiro atoms. The molecule has 0 aliphatic rings. The third kappa shape index (κ3) is 3.84. The van der Waals surface area contributed by atoms with Gasteiger partial charge in [0.2, 0.25) is 0 Å². The maximum atomic E-state index is 12.1. The van der Waals surface area contributed by atoms with Crippen LogP contribution in [0.1, 0.15) is 43.6 Å². The number of benzene rings is 1. The van der Waals surface area contributed by atoms with E-state index in [2.05, 4.69) is 15.9 Å². The highest BCUT2D eigenvalue weighted by atomic mass is 79.9. The average Bonchev–Trinajstić information content (AvgIpc) is 2.14. The van der Waals surface area contributed by atoms with Crippen LogP contribution in [0.3, 0.4) is 0 Å². The minimum atomic E-state index is -0.530. The molecular weight excluding hydrogens is 280 g/mol. The number of rotatable bonds is 4. The van der Waals surface area contributed by atoms with Crippen LogP contribution in [-0.2, 0) is 0 Å². The normalized spacial score (nSPS) is 11.7. The number of ether oxygens (including phenoxy) is 1. The standard InChI is InChI=1S/C14H19BrO2/c1-9(2)17-11-6-7-12(10(3)8-11)13(16)14(4,5)15/h6-9H,1-5H3. The Morgan fingerprint density at radius 1 is 1.35 bits per heavy atom. The molecule has 1 rings (SSSR count). The number of ketones is 1. The minimum absolute atomic E-state index is 0.0890. The first-order valence-corrected chi connectivity index (χ1v) is 6.52. The van der Waals surface area contributed by atoms with Crippen molar-refractivity contribution >= 4 is 21.7 Å². The molecule has 0 N–H and O–H groups in total. The number of Topliss-reactive ketones (excluding diaryl/α,β-unsaturated/α-hetero) is 1. The monoisotopic (exact) mass is 298 g/mol. The van der Waals surface area contributed by atoms with Crippen LogP contribution >= 0.6 is 15.9 Å². The SMILES string of the molecule is Cc1cc(OC(C)C)ccc1C(=O)C(C)(C)Br. The Morgan fingerprint density at radius 2 is 1.94 bits per heavy atom. The zero-order valence-electron chi connectivity index (χ0n) is 11.0. The summed E-state index contributed by atoms with van der Waals surface area (Å²) in [6.07, 6.45) is 0.142. The van der Waals surface area contributed by atoms with Crippen molar-refractivity contribution in [2.24, 2.45) is 0 Å². The van der Waals surface area contributed by atoms with Crippen molar-refractivity contribution in [2.75, 3.05) is 0 Å². The molecular formula is C14H19BrO2. The summed E-state index contributed by atoms with van der Waals surface area (Å²) < 4.78 is 5.06. The highest BCUT2D eigenvalue weighted by Crippen LogP contribution is 2.26. The maximum Gasteiger partial charge on any atom is 0.179 e. The van der Waals surface area contributed by atoms with Crippen LogP contribution in [0.5, 0.6) is 5.75 Å². The van der Waals surface area contributed by atoms with Gasteiger partial charge < -0.3 is 4.74 Å². The highest BCUT2D eigenvalue weighted by molar-refractivity contribution is 9.10. The van der Waals surface area contributed by atoms with Gasteiger partial charge in [0, 0.05) is 5.56 Å². The number of halogens is 1. The summed E-state index contributed by atoms with van der Waals surface area (Å²) in [6, 6.07) is 5.59. The third-order valence-electron chi connectivity index (χ3n) is 2.35. The predicted octanol–water partition coefficient (Wildman–Crippen LogP) is 4.14. The first kappa shape index (κ1) is 14.2. The Kier molecular flexibility index (Phi) is 4.36. The van der Waals surface area contributed by atoms with Crippen LogP contribution in [0.15, 0.2) is 18.2 Å². The Hall–Kier alpha value is -0.830. The Balaban J connectivity index is 3.02. The van der Waals surface area contributed by atoms with Gasteiger partial charge in [0.1, 0.15) is 5.75 Å². The number of hydrogen-bond donors (Lipinski definition) is 0. The quantitative estimate of drug-likeness (QED) is 0.617. The molecule has 94 valence electrons. The summed E-state index contributed by atoms with van der Waals surface area (Å²) >= 11 is 3.39. The van der Waals surface area contributed by atoms with Gasteiger partial charge in [-0.2, -0.15) is 0 Å². The van der Waals surface area contributed by atoms with Gasteiger partial charge in [-0.15, -0.1) is 0 Å². The summed E-state index contributed by atoms with van der Waals surface area (Å²) in [4.78, 5) is 12.1. The molecule has 3 heteroatoms. The molecule has 0 heterocycles. The van der Waals surface area contributed by atoms with Crippen molar-refractivity contribution in [1.29, 1.82) is 0 Å². The maximum absolute atomic E-state index is 12.1. The van der Waals surface area contributed by atoms with E-state index in [1.54, 1.807) is 0 Å². The molecule has 0 saturated carbocycles. The fourth-order valence-corrected chi connectivity index (χ4v) is 1.77. The number of hydrogen-bond acceptors (Lipinski definition) is 2. The highest BCUT2D eigenvalue weighted by Gasteiger charge is 2.26. The van der Waals surface area contributed by atoms with E-state index in [1.165, 1.54) is 0 Å². The molecule has 1 aromatic carbocycles. The van der Waals surface area contributed by atoms with Gasteiger partial charge >= 0.3 is 0 Å². The molecule has 0 aliphatic heterocycles. The summed E-state index contributed by atoms with van der Waals surface area (Å²) in [5.41, 5.74) is 1.68. The molecule has 0 saturated heterocycles. The van der Waals surface area contributed by atoms with E-state index in [0.29, 0.717) is 0 Å². The Bertz CT molecular complexity index is 417. The van der Waals surface area contributed by atoms with Crippen LogP contribution in [0.4, 0.5) is 0 Å². The molecule has 0 bridgehead atoms. The lowest BCUT2D eigenvalue weighted by Crippen LogP contribution is -2.24. The minimum Gasteiger partial charge on any atom is -0.491 e. The zero-order chi connectivity index (χ0) is 13.2. The lowest BCUT2D eigenvalue weighted by atomic mass is 9.97. The summed E-state index contributed by atoms with van der Waals surface area (Å²) in [5.74, 6) is 0.896.